The minimum Gasteiger partial charge on any atom is -0.318 e. The van der Waals surface area contributed by atoms with Crippen molar-refractivity contribution in [3.05, 3.63) is 80.3 Å². The van der Waals surface area contributed by atoms with Gasteiger partial charge in [0.25, 0.3) is 5.91 Å². The zero-order valence-electron chi connectivity index (χ0n) is 16.6. The van der Waals surface area contributed by atoms with Gasteiger partial charge >= 0.3 is 0 Å². The molecule has 1 N–H and O–H groups in total. The summed E-state index contributed by atoms with van der Waals surface area (Å²) in [5.74, 6) is -0.395. The highest BCUT2D eigenvalue weighted by Gasteiger charge is 2.36. The number of amidine groups is 2. The number of carbonyl (C=O) groups is 1. The van der Waals surface area contributed by atoms with Gasteiger partial charge in [-0.1, -0.05) is 17.7 Å². The van der Waals surface area contributed by atoms with Gasteiger partial charge in [-0.15, -0.1) is 11.3 Å². The van der Waals surface area contributed by atoms with Crippen LogP contribution < -0.4 is 0 Å². The highest BCUT2D eigenvalue weighted by molar-refractivity contribution is 8.27. The molecule has 0 bridgehead atoms. The third-order valence-corrected chi connectivity index (χ3v) is 7.24. The van der Waals surface area contributed by atoms with Crippen molar-refractivity contribution in [2.24, 2.45) is 10.1 Å². The maximum absolute atomic E-state index is 12.7. The first-order valence-electron chi connectivity index (χ1n) is 9.41. The van der Waals surface area contributed by atoms with Crippen LogP contribution >= 0.6 is 34.7 Å². The Balaban J connectivity index is 1.52. The summed E-state index contributed by atoms with van der Waals surface area (Å²) >= 11 is 8.89. The van der Waals surface area contributed by atoms with E-state index in [0.29, 0.717) is 10.2 Å². The number of rotatable bonds is 3. The van der Waals surface area contributed by atoms with Crippen LogP contribution in [0.2, 0.25) is 5.02 Å². The number of aromatic nitrogens is 1. The maximum atomic E-state index is 12.7. The van der Waals surface area contributed by atoms with E-state index in [9.17, 15) is 4.79 Å². The molecule has 0 spiro atoms. The highest BCUT2D eigenvalue weighted by atomic mass is 35.5. The molecule has 4 heterocycles. The third kappa shape index (κ3) is 3.46. The van der Waals surface area contributed by atoms with Gasteiger partial charge in [-0.25, -0.2) is 0 Å². The molecule has 1 aromatic carbocycles. The maximum Gasteiger partial charge on any atom is 0.283 e. The SMILES string of the molecule is Cc1cc(C=C2C(=N)N3N=C(c4cccs4)SC3=NC2=O)c(C)n1-c1ccc(Cl)cc1. The number of benzene rings is 1. The molecule has 1 amide bonds. The van der Waals surface area contributed by atoms with Crippen LogP contribution in [0.25, 0.3) is 11.8 Å². The number of carbonyl (C=O) groups excluding carboxylic acids is 1. The molecule has 0 aliphatic carbocycles. The van der Waals surface area contributed by atoms with Gasteiger partial charge in [-0.05, 0) is 79.0 Å². The van der Waals surface area contributed by atoms with Crippen molar-refractivity contribution < 1.29 is 4.79 Å². The fourth-order valence-electron chi connectivity index (χ4n) is 3.57. The Kier molecular flexibility index (Phi) is 4.92. The lowest BCUT2D eigenvalue weighted by molar-refractivity contribution is -0.114. The van der Waals surface area contributed by atoms with Crippen LogP contribution in [0.5, 0.6) is 0 Å². The van der Waals surface area contributed by atoms with E-state index in [4.69, 9.17) is 17.0 Å². The highest BCUT2D eigenvalue weighted by Crippen LogP contribution is 2.33. The predicted octanol–water partition coefficient (Wildman–Crippen LogP) is 5.48. The Bertz CT molecular complexity index is 1320. The van der Waals surface area contributed by atoms with Crippen LogP contribution in [0.1, 0.15) is 21.8 Å². The van der Waals surface area contributed by atoms with E-state index in [1.54, 1.807) is 17.4 Å². The van der Waals surface area contributed by atoms with E-state index >= 15 is 0 Å². The number of hydrogen-bond donors (Lipinski definition) is 1. The summed E-state index contributed by atoms with van der Waals surface area (Å²) in [7, 11) is 0. The number of fused-ring (bicyclic) bond motifs is 1. The average Bonchev–Trinajstić information content (AvgIpc) is 3.46. The Hall–Kier alpha value is -2.94. The summed E-state index contributed by atoms with van der Waals surface area (Å²) in [6, 6.07) is 13.5. The van der Waals surface area contributed by atoms with Crippen molar-refractivity contribution in [1.29, 1.82) is 5.41 Å². The van der Waals surface area contributed by atoms with Crippen LogP contribution in [0, 0.1) is 19.3 Å². The van der Waals surface area contributed by atoms with Crippen LogP contribution in [0.3, 0.4) is 0 Å². The summed E-state index contributed by atoms with van der Waals surface area (Å²) in [4.78, 5) is 17.9. The zero-order chi connectivity index (χ0) is 21.7. The Morgan fingerprint density at radius 1 is 1.16 bits per heavy atom. The van der Waals surface area contributed by atoms with Crippen molar-refractivity contribution in [2.75, 3.05) is 0 Å². The van der Waals surface area contributed by atoms with Crippen LogP contribution in [0.15, 0.2) is 63.5 Å². The predicted molar refractivity (Wildman–Crippen MR) is 129 cm³/mol. The summed E-state index contributed by atoms with van der Waals surface area (Å²) in [5, 5.41) is 18.4. The van der Waals surface area contributed by atoms with Gasteiger partial charge in [0.1, 0.15) is 5.04 Å². The number of nitrogens with one attached hydrogen (secondary N) is 1. The van der Waals surface area contributed by atoms with Crippen molar-refractivity contribution in [3.8, 4) is 5.69 Å². The fraction of sp³-hybridized carbons (Fsp3) is 0.0909. The first-order chi connectivity index (χ1) is 14.9. The Labute approximate surface area is 192 Å². The van der Waals surface area contributed by atoms with Gasteiger partial charge in [0.2, 0.25) is 5.17 Å². The van der Waals surface area contributed by atoms with Crippen molar-refractivity contribution >= 4 is 62.7 Å². The first kappa shape index (κ1) is 20.0. The molecule has 5 rings (SSSR count). The molecule has 9 heteroatoms. The van der Waals surface area contributed by atoms with Crippen LogP contribution in [0.4, 0.5) is 0 Å². The largest absolute Gasteiger partial charge is 0.318 e. The summed E-state index contributed by atoms with van der Waals surface area (Å²) in [6.07, 6.45) is 1.73. The summed E-state index contributed by atoms with van der Waals surface area (Å²) < 4.78 is 2.09. The minimum absolute atomic E-state index is 0.0327. The number of aliphatic imine (C=N–C) groups is 1. The van der Waals surface area contributed by atoms with E-state index in [1.807, 2.05) is 61.7 Å². The number of thiophene rings is 1. The monoisotopic (exact) mass is 465 g/mol. The molecule has 0 radical (unpaired) electrons. The number of halogens is 1. The molecular formula is C22H16ClN5OS2. The third-order valence-electron chi connectivity index (χ3n) is 5.04. The summed E-state index contributed by atoms with van der Waals surface area (Å²) in [6.45, 7) is 3.99. The molecular weight excluding hydrogens is 450 g/mol. The van der Waals surface area contributed by atoms with Crippen LogP contribution in [-0.2, 0) is 4.79 Å². The molecule has 0 unspecified atom stereocenters. The molecule has 0 saturated heterocycles. The van der Waals surface area contributed by atoms with E-state index < -0.39 is 5.91 Å². The Morgan fingerprint density at radius 3 is 2.65 bits per heavy atom. The van der Waals surface area contributed by atoms with Gasteiger partial charge < -0.3 is 4.57 Å². The lowest BCUT2D eigenvalue weighted by Gasteiger charge is -2.20. The van der Waals surface area contributed by atoms with Gasteiger partial charge in [0.15, 0.2) is 5.84 Å². The molecule has 0 saturated carbocycles. The minimum atomic E-state index is -0.428. The van der Waals surface area contributed by atoms with Crippen molar-refractivity contribution in [3.63, 3.8) is 0 Å². The lowest BCUT2D eigenvalue weighted by atomic mass is 10.1. The second kappa shape index (κ2) is 7.64. The van der Waals surface area contributed by atoms with Crippen molar-refractivity contribution in [2.45, 2.75) is 13.8 Å². The number of thioether (sulfide) groups is 1. The van der Waals surface area contributed by atoms with Crippen LogP contribution in [-0.4, -0.2) is 31.5 Å². The molecule has 2 aromatic heterocycles. The quantitative estimate of drug-likeness (QED) is 0.521. The van der Waals surface area contributed by atoms with Crippen molar-refractivity contribution in [1.82, 2.24) is 9.58 Å². The molecule has 31 heavy (non-hydrogen) atoms. The molecule has 0 fully saturated rings. The lowest BCUT2D eigenvalue weighted by Crippen LogP contribution is -2.35. The standard InChI is InChI=1S/C22H16ClN5OS2/c1-12-10-14(13(2)27(12)16-7-5-15(23)6-8-16)11-17-19(24)28-22(25-20(17)29)31-21(26-28)18-4-3-9-30-18/h3-11,24H,1-2H3. The number of aryl methyl sites for hydroxylation is 1. The van der Waals surface area contributed by atoms with E-state index in [2.05, 4.69) is 14.7 Å². The number of nitrogens with zero attached hydrogens (tertiary/aromatic N) is 4. The fourth-order valence-corrected chi connectivity index (χ4v) is 5.38. The molecule has 2 aliphatic heterocycles. The topological polar surface area (TPSA) is 73.8 Å². The summed E-state index contributed by atoms with van der Waals surface area (Å²) in [5.41, 5.74) is 4.03. The second-order valence-corrected chi connectivity index (χ2v) is 9.38. The first-order valence-corrected chi connectivity index (χ1v) is 11.5. The Morgan fingerprint density at radius 2 is 1.94 bits per heavy atom. The smallest absolute Gasteiger partial charge is 0.283 e. The van der Waals surface area contributed by atoms with Gasteiger partial charge in [0.05, 0.1) is 10.5 Å². The van der Waals surface area contributed by atoms with Gasteiger partial charge in [0, 0.05) is 22.1 Å². The normalized spacial score (nSPS) is 17.3. The number of hydrazone groups is 1. The molecule has 3 aromatic rings. The van der Waals surface area contributed by atoms with E-state index in [1.165, 1.54) is 16.8 Å². The molecule has 154 valence electrons. The molecule has 6 nitrogen and oxygen atoms in total. The number of amides is 1. The second-order valence-electron chi connectivity index (χ2n) is 7.04. The molecule has 0 atom stereocenters. The van der Waals surface area contributed by atoms with E-state index in [0.717, 1.165) is 32.6 Å². The molecule has 2 aliphatic rings. The van der Waals surface area contributed by atoms with E-state index in [-0.39, 0.29) is 11.4 Å². The van der Waals surface area contributed by atoms with Gasteiger partial charge in [-0.2, -0.15) is 15.1 Å². The number of hydrogen-bond acceptors (Lipinski definition) is 5. The van der Waals surface area contributed by atoms with Gasteiger partial charge in [-0.3, -0.25) is 10.2 Å². The zero-order valence-corrected chi connectivity index (χ0v) is 19.0. The average molecular weight is 466 g/mol.